The summed E-state index contributed by atoms with van der Waals surface area (Å²) in [5.74, 6) is -7.77. The molecule has 8 heterocycles. The average Bonchev–Trinajstić information content (AvgIpc) is 0.846. The molecule has 664 valence electrons. The number of amides is 8. The zero-order chi connectivity index (χ0) is 94.4. The minimum atomic E-state index is -0.971. The van der Waals surface area contributed by atoms with Crippen LogP contribution in [0.4, 0.5) is 0 Å². The number of nitrogens with zero attached hydrogens (tertiary/aromatic N) is 16. The summed E-state index contributed by atoms with van der Waals surface area (Å²) >= 11 is 0. The van der Waals surface area contributed by atoms with Crippen molar-refractivity contribution < 1.29 is 38.4 Å². The smallest absolute Gasteiger partial charge is 0.262 e. The number of hydrazone groups is 8. The first kappa shape index (κ1) is 93.7. The first-order valence-corrected chi connectivity index (χ1v) is 41.7. The van der Waals surface area contributed by atoms with Crippen LogP contribution in [0.2, 0.25) is 0 Å². The van der Waals surface area contributed by atoms with Gasteiger partial charge in [-0.1, -0.05) is 291 Å². The van der Waals surface area contributed by atoms with E-state index < -0.39 is 47.3 Å². The molecule has 0 saturated carbocycles. The Labute approximate surface area is 779 Å². The summed E-state index contributed by atoms with van der Waals surface area (Å²) in [5, 5.41) is 33.3. The van der Waals surface area contributed by atoms with Crippen molar-refractivity contribution in [3.8, 4) is 0 Å². The van der Waals surface area contributed by atoms with Crippen LogP contribution < -0.4 is 43.4 Å². The molecule has 32 heteroatoms. The van der Waals surface area contributed by atoms with Gasteiger partial charge in [0.1, 0.15) is 45.7 Å². The molecule has 136 heavy (non-hydrogen) atoms. The van der Waals surface area contributed by atoms with Crippen LogP contribution in [0.3, 0.4) is 0 Å². The molecule has 0 spiro atoms. The maximum atomic E-state index is 12.5. The molecule has 0 fully saturated rings. The molecule has 0 radical (unpaired) electrons. The van der Waals surface area contributed by atoms with Gasteiger partial charge in [-0.2, -0.15) is 40.8 Å². The Morgan fingerprint density at radius 1 is 0.132 bits per heavy atom. The van der Waals surface area contributed by atoms with Gasteiger partial charge in [-0.3, -0.25) is 78.2 Å². The predicted molar refractivity (Wildman–Crippen MR) is 516 cm³/mol. The molecule has 0 atom stereocenters. The number of nitrogens with one attached hydrogen (secondary N) is 8. The van der Waals surface area contributed by atoms with E-state index in [0.717, 1.165) is 44.5 Å². The SMILES string of the molecule is O=C(N/N=C(/c1ccccc1)c1ccccn1)C(=O)N/N=C(/c1ccccc1)c1ccccn1.O=C(N/N=C(/c1ccccc1)c1ccccn1)C(=O)N/N=C(/c1ccccc1)c1ccccn1.O=C(N/N=C(/c1ccccc1)c1ccccn1)C(=O)N/N=C(/c1ccccc1)c1ccccn1.O=C(N/N=C(/c1ccccc1)c1ccccn1)C(=O)N/N=C(/c1ccccc1)c1ccccn1. The third kappa shape index (κ3) is 28.0. The fourth-order valence-corrected chi connectivity index (χ4v) is 12.2. The van der Waals surface area contributed by atoms with Crippen LogP contribution in [-0.4, -0.2) is 133 Å². The van der Waals surface area contributed by atoms with E-state index in [9.17, 15) is 38.4 Å². The maximum absolute atomic E-state index is 12.5. The average molecular weight is 1790 g/mol. The topological polar surface area (TPSA) is 435 Å². The lowest BCUT2D eigenvalue weighted by Gasteiger charge is -2.08. The summed E-state index contributed by atoms with van der Waals surface area (Å²) < 4.78 is 0. The molecule has 8 amide bonds. The molecule has 8 N–H and O–H groups in total. The van der Waals surface area contributed by atoms with E-state index >= 15 is 0 Å². The third-order valence-electron chi connectivity index (χ3n) is 18.6. The number of aromatic nitrogens is 8. The maximum Gasteiger partial charge on any atom is 0.331 e. The highest BCUT2D eigenvalue weighted by Gasteiger charge is 2.23. The Hall–Kier alpha value is -19.9. The normalized spacial score (nSPS) is 11.5. The van der Waals surface area contributed by atoms with Gasteiger partial charge < -0.3 is 0 Å². The Kier molecular flexibility index (Phi) is 34.9. The molecule has 32 nitrogen and oxygen atoms in total. The van der Waals surface area contributed by atoms with Crippen LogP contribution in [0.15, 0.2) is 479 Å². The molecule has 16 rings (SSSR count). The van der Waals surface area contributed by atoms with Gasteiger partial charge in [0.05, 0.1) is 45.6 Å². The first-order valence-electron chi connectivity index (χ1n) is 41.7. The molecule has 0 bridgehead atoms. The van der Waals surface area contributed by atoms with Crippen molar-refractivity contribution in [3.05, 3.63) is 528 Å². The van der Waals surface area contributed by atoms with Crippen LogP contribution in [0.1, 0.15) is 90.1 Å². The van der Waals surface area contributed by atoms with Crippen molar-refractivity contribution in [2.24, 2.45) is 40.8 Å². The first-order chi connectivity index (χ1) is 66.9. The van der Waals surface area contributed by atoms with Crippen LogP contribution >= 0.6 is 0 Å². The number of pyridine rings is 8. The quantitative estimate of drug-likeness (QED) is 0.0158. The Morgan fingerprint density at radius 3 is 0.316 bits per heavy atom. The molecule has 8 aromatic carbocycles. The second-order valence-electron chi connectivity index (χ2n) is 27.9. The van der Waals surface area contributed by atoms with Gasteiger partial charge in [0.2, 0.25) is 0 Å². The second-order valence-corrected chi connectivity index (χ2v) is 27.9. The van der Waals surface area contributed by atoms with Gasteiger partial charge in [-0.05, 0) is 97.1 Å². The largest absolute Gasteiger partial charge is 0.331 e. The monoisotopic (exact) mass is 1790 g/mol. The lowest BCUT2D eigenvalue weighted by Crippen LogP contribution is -2.36. The van der Waals surface area contributed by atoms with Gasteiger partial charge in [-0.25, -0.2) is 43.4 Å². The van der Waals surface area contributed by atoms with Gasteiger partial charge >= 0.3 is 47.3 Å². The number of benzene rings is 8. The summed E-state index contributed by atoms with van der Waals surface area (Å²) in [5.41, 5.74) is 32.0. The van der Waals surface area contributed by atoms with E-state index in [1.54, 1.807) is 147 Å². The van der Waals surface area contributed by atoms with Crippen LogP contribution in [0.25, 0.3) is 0 Å². The van der Waals surface area contributed by atoms with Gasteiger partial charge in [0.25, 0.3) is 0 Å². The van der Waals surface area contributed by atoms with Gasteiger partial charge in [-0.15, -0.1) is 0 Å². The number of hydrogen-bond donors (Lipinski definition) is 8. The Bertz CT molecular complexity index is 5320. The number of hydrogen-bond acceptors (Lipinski definition) is 24. The molecular weight excluding hydrogens is 1710 g/mol. The van der Waals surface area contributed by atoms with E-state index in [2.05, 4.69) is 124 Å². The summed E-state index contributed by atoms with van der Waals surface area (Å²) in [6.45, 7) is 0. The highest BCUT2D eigenvalue weighted by molar-refractivity contribution is 6.37. The summed E-state index contributed by atoms with van der Waals surface area (Å²) in [6, 6.07) is 117. The highest BCUT2D eigenvalue weighted by Crippen LogP contribution is 2.17. The van der Waals surface area contributed by atoms with Crippen LogP contribution in [-0.2, 0) is 38.4 Å². The Morgan fingerprint density at radius 2 is 0.228 bits per heavy atom. The van der Waals surface area contributed by atoms with Crippen molar-refractivity contribution in [2.75, 3.05) is 0 Å². The van der Waals surface area contributed by atoms with Crippen molar-refractivity contribution in [1.29, 1.82) is 0 Å². The van der Waals surface area contributed by atoms with E-state index in [4.69, 9.17) is 0 Å². The Balaban J connectivity index is 0.000000153. The fraction of sp³-hybridized carbons (Fsp3) is 0. The van der Waals surface area contributed by atoms with E-state index in [-0.39, 0.29) is 0 Å². The van der Waals surface area contributed by atoms with Gasteiger partial charge in [0, 0.05) is 94.1 Å². The molecule has 0 aliphatic rings. The molecule has 8 aromatic heterocycles. The lowest BCUT2D eigenvalue weighted by atomic mass is 10.1. The van der Waals surface area contributed by atoms with E-state index in [0.29, 0.717) is 91.2 Å². The van der Waals surface area contributed by atoms with Crippen LogP contribution in [0.5, 0.6) is 0 Å². The number of carbonyl (C=O) groups is 8. The zero-order valence-corrected chi connectivity index (χ0v) is 72.0. The minimum Gasteiger partial charge on any atom is -0.262 e. The molecular formula is C104H80N24O8. The molecule has 0 saturated heterocycles. The van der Waals surface area contributed by atoms with Crippen molar-refractivity contribution in [3.63, 3.8) is 0 Å². The fourth-order valence-electron chi connectivity index (χ4n) is 12.2. The van der Waals surface area contributed by atoms with Crippen LogP contribution in [0, 0.1) is 0 Å². The van der Waals surface area contributed by atoms with Crippen molar-refractivity contribution in [1.82, 2.24) is 83.3 Å². The predicted octanol–water partition coefficient (Wildman–Crippen LogP) is 11.7. The van der Waals surface area contributed by atoms with E-state index in [1.807, 2.05) is 291 Å². The lowest BCUT2D eigenvalue weighted by molar-refractivity contribution is -0.139. The number of rotatable bonds is 24. The zero-order valence-electron chi connectivity index (χ0n) is 72.0. The standard InChI is InChI=1S/4C26H20N6O2/c4*33-25(31-29-23(19-11-3-1-4-12-19)21-15-7-9-17-27-21)26(34)32-30-24(20-13-5-2-6-14-20)22-16-8-10-18-28-22/h4*1-18H,(H,31,33)(H,32,34)/b4*29-23-,30-24-. The van der Waals surface area contributed by atoms with Crippen molar-refractivity contribution >= 4 is 93.0 Å². The second kappa shape index (κ2) is 50.6. The molecule has 0 unspecified atom stereocenters. The van der Waals surface area contributed by atoms with Gasteiger partial charge in [0.15, 0.2) is 0 Å². The van der Waals surface area contributed by atoms with Crippen molar-refractivity contribution in [2.45, 2.75) is 0 Å². The molecule has 16 aromatic rings. The summed E-state index contributed by atoms with van der Waals surface area (Å²) in [6.07, 6.45) is 13.0. The molecule has 0 aliphatic carbocycles. The highest BCUT2D eigenvalue weighted by atomic mass is 16.2. The summed E-state index contributed by atoms with van der Waals surface area (Å²) in [4.78, 5) is 134. The van der Waals surface area contributed by atoms with E-state index in [1.165, 1.54) is 0 Å². The number of carbonyl (C=O) groups excluding carboxylic acids is 8. The molecule has 0 aliphatic heterocycles. The minimum absolute atomic E-state index is 0.421. The summed E-state index contributed by atoms with van der Waals surface area (Å²) in [7, 11) is 0. The third-order valence-corrected chi connectivity index (χ3v) is 18.6.